The summed E-state index contributed by atoms with van der Waals surface area (Å²) in [6, 6.07) is 4.54. The smallest absolute Gasteiger partial charge is 0.175 e. The van der Waals surface area contributed by atoms with Gasteiger partial charge in [0, 0.05) is 19.9 Å². The zero-order valence-corrected chi connectivity index (χ0v) is 11.9. The van der Waals surface area contributed by atoms with Crippen LogP contribution in [-0.4, -0.2) is 46.1 Å². The van der Waals surface area contributed by atoms with Gasteiger partial charge in [-0.05, 0) is 24.6 Å². The van der Waals surface area contributed by atoms with Crippen molar-refractivity contribution >= 4 is 21.2 Å². The zero-order chi connectivity index (χ0) is 14.5. The molecule has 1 aromatic carbocycles. The maximum atomic E-state index is 11.3. The molecule has 0 spiro atoms. The molecule has 0 aliphatic heterocycles. The Hall–Kier alpha value is -1.31. The van der Waals surface area contributed by atoms with E-state index in [9.17, 15) is 13.5 Å². The van der Waals surface area contributed by atoms with Crippen LogP contribution in [0.25, 0.3) is 0 Å². The molecule has 0 heterocycles. The van der Waals surface area contributed by atoms with E-state index >= 15 is 0 Å². The monoisotopic (exact) mass is 288 g/mol. The van der Waals surface area contributed by atoms with E-state index in [1.807, 2.05) is 0 Å². The van der Waals surface area contributed by atoms with Gasteiger partial charge in [-0.15, -0.1) is 0 Å². The van der Waals surface area contributed by atoms with E-state index in [0.29, 0.717) is 24.3 Å². The molecule has 0 saturated carbocycles. The maximum absolute atomic E-state index is 11.3. The summed E-state index contributed by atoms with van der Waals surface area (Å²) in [5, 5.41) is 12.5. The van der Waals surface area contributed by atoms with Gasteiger partial charge in [-0.2, -0.15) is 0 Å². The molecule has 0 bridgehead atoms. The topological polar surface area (TPSA) is 102 Å². The lowest BCUT2D eigenvalue weighted by molar-refractivity contribution is 0.0615. The molecule has 1 atom stereocenters. The molecule has 0 aliphatic carbocycles. The molecule has 0 radical (unpaired) electrons. The number of nitrogens with one attached hydrogen (secondary N) is 1. The van der Waals surface area contributed by atoms with E-state index in [2.05, 4.69) is 5.32 Å². The first-order valence-electron chi connectivity index (χ1n) is 5.85. The van der Waals surface area contributed by atoms with E-state index in [1.54, 1.807) is 6.07 Å². The summed E-state index contributed by atoms with van der Waals surface area (Å²) in [7, 11) is -1.72. The standard InChI is InChI=1S/C12H20N2O4S/c1-18-8-9(15)5-6-14-12-4-3-10(7-11(12)13)19(2,16)17/h3-4,7,9,14-15H,5-6,8,13H2,1-2H3. The van der Waals surface area contributed by atoms with E-state index in [4.69, 9.17) is 10.5 Å². The van der Waals surface area contributed by atoms with Gasteiger partial charge in [0.15, 0.2) is 9.84 Å². The lowest BCUT2D eigenvalue weighted by Gasteiger charge is -2.13. The van der Waals surface area contributed by atoms with Gasteiger partial charge in [0.1, 0.15) is 0 Å². The molecule has 19 heavy (non-hydrogen) atoms. The molecular weight excluding hydrogens is 268 g/mol. The zero-order valence-electron chi connectivity index (χ0n) is 11.1. The molecular formula is C12H20N2O4S. The van der Waals surface area contributed by atoms with Gasteiger partial charge in [0.25, 0.3) is 0 Å². The van der Waals surface area contributed by atoms with Crippen molar-refractivity contribution in [2.45, 2.75) is 17.4 Å². The van der Waals surface area contributed by atoms with Gasteiger partial charge in [-0.25, -0.2) is 8.42 Å². The molecule has 108 valence electrons. The Labute approximate surface area is 113 Å². The second kappa shape index (κ2) is 6.74. The van der Waals surface area contributed by atoms with Crippen LogP contribution in [0.4, 0.5) is 11.4 Å². The average molecular weight is 288 g/mol. The second-order valence-corrected chi connectivity index (χ2v) is 6.36. The lowest BCUT2D eigenvalue weighted by atomic mass is 10.2. The number of rotatable bonds is 7. The minimum Gasteiger partial charge on any atom is -0.397 e. The molecule has 4 N–H and O–H groups in total. The van der Waals surface area contributed by atoms with E-state index in [0.717, 1.165) is 6.26 Å². The summed E-state index contributed by atoms with van der Waals surface area (Å²) < 4.78 is 27.5. The van der Waals surface area contributed by atoms with Crippen LogP contribution in [0.3, 0.4) is 0 Å². The van der Waals surface area contributed by atoms with Crippen LogP contribution in [0.2, 0.25) is 0 Å². The van der Waals surface area contributed by atoms with Crippen molar-refractivity contribution in [2.75, 3.05) is 37.6 Å². The van der Waals surface area contributed by atoms with Crippen molar-refractivity contribution in [1.82, 2.24) is 0 Å². The maximum Gasteiger partial charge on any atom is 0.175 e. The van der Waals surface area contributed by atoms with Crippen molar-refractivity contribution < 1.29 is 18.3 Å². The molecule has 1 unspecified atom stereocenters. The van der Waals surface area contributed by atoms with Gasteiger partial charge < -0.3 is 20.9 Å². The Bertz CT molecular complexity index is 516. The molecule has 1 rings (SSSR count). The van der Waals surface area contributed by atoms with Crippen molar-refractivity contribution in [2.24, 2.45) is 0 Å². The number of ether oxygens (including phenoxy) is 1. The molecule has 0 aliphatic rings. The van der Waals surface area contributed by atoms with Gasteiger partial charge in [-0.3, -0.25) is 0 Å². The normalized spacial score (nSPS) is 13.2. The lowest BCUT2D eigenvalue weighted by Crippen LogP contribution is -2.18. The number of aliphatic hydroxyl groups is 1. The van der Waals surface area contributed by atoms with E-state index < -0.39 is 15.9 Å². The summed E-state index contributed by atoms with van der Waals surface area (Å²) in [6.07, 6.45) is 1.12. The number of nitrogen functional groups attached to an aromatic ring is 1. The van der Waals surface area contributed by atoms with Gasteiger partial charge >= 0.3 is 0 Å². The van der Waals surface area contributed by atoms with Crippen LogP contribution in [0.1, 0.15) is 6.42 Å². The molecule has 0 amide bonds. The first-order chi connectivity index (χ1) is 8.84. The quantitative estimate of drug-likeness (QED) is 0.631. The predicted octanol–water partition coefficient (Wildman–Crippen LogP) is 0.482. The molecule has 0 fully saturated rings. The Kier molecular flexibility index (Phi) is 5.59. The highest BCUT2D eigenvalue weighted by Crippen LogP contribution is 2.22. The van der Waals surface area contributed by atoms with Gasteiger partial charge in [0.05, 0.1) is 29.0 Å². The predicted molar refractivity (Wildman–Crippen MR) is 75.0 cm³/mol. The van der Waals surface area contributed by atoms with Crippen molar-refractivity contribution in [3.05, 3.63) is 18.2 Å². The second-order valence-electron chi connectivity index (χ2n) is 4.35. The number of aliphatic hydroxyl groups excluding tert-OH is 1. The summed E-state index contributed by atoms with van der Waals surface area (Å²) in [6.45, 7) is 0.803. The summed E-state index contributed by atoms with van der Waals surface area (Å²) in [5.41, 5.74) is 6.79. The average Bonchev–Trinajstić information content (AvgIpc) is 2.30. The third-order valence-corrected chi connectivity index (χ3v) is 3.71. The number of sulfone groups is 1. The Balaban J connectivity index is 2.61. The number of anilines is 2. The minimum absolute atomic E-state index is 0.190. The number of hydrogen-bond donors (Lipinski definition) is 3. The number of nitrogens with two attached hydrogens (primary N) is 1. The van der Waals surface area contributed by atoms with Gasteiger partial charge in [-0.1, -0.05) is 0 Å². The van der Waals surface area contributed by atoms with Gasteiger partial charge in [0.2, 0.25) is 0 Å². The number of methoxy groups -OCH3 is 1. The van der Waals surface area contributed by atoms with Crippen LogP contribution < -0.4 is 11.1 Å². The molecule has 1 aromatic rings. The van der Waals surface area contributed by atoms with Crippen molar-refractivity contribution in [3.63, 3.8) is 0 Å². The molecule has 7 heteroatoms. The fourth-order valence-corrected chi connectivity index (χ4v) is 2.24. The largest absolute Gasteiger partial charge is 0.397 e. The highest BCUT2D eigenvalue weighted by atomic mass is 32.2. The molecule has 0 aromatic heterocycles. The van der Waals surface area contributed by atoms with Crippen molar-refractivity contribution in [1.29, 1.82) is 0 Å². The van der Waals surface area contributed by atoms with Crippen LogP contribution in [0.15, 0.2) is 23.1 Å². The SMILES string of the molecule is COCC(O)CCNc1ccc(S(C)(=O)=O)cc1N. The Morgan fingerprint density at radius 2 is 2.16 bits per heavy atom. The van der Waals surface area contributed by atoms with Crippen LogP contribution in [0.5, 0.6) is 0 Å². The summed E-state index contributed by atoms with van der Waals surface area (Å²) in [4.78, 5) is 0.190. The van der Waals surface area contributed by atoms with E-state index in [1.165, 1.54) is 19.2 Å². The van der Waals surface area contributed by atoms with Crippen LogP contribution in [0, 0.1) is 0 Å². The first-order valence-corrected chi connectivity index (χ1v) is 7.74. The number of benzene rings is 1. The fraction of sp³-hybridized carbons (Fsp3) is 0.500. The Morgan fingerprint density at radius 1 is 1.47 bits per heavy atom. The Morgan fingerprint density at radius 3 is 2.68 bits per heavy atom. The number of hydrogen-bond acceptors (Lipinski definition) is 6. The highest BCUT2D eigenvalue weighted by molar-refractivity contribution is 7.90. The van der Waals surface area contributed by atoms with Crippen LogP contribution in [-0.2, 0) is 14.6 Å². The first kappa shape index (κ1) is 15.7. The fourth-order valence-electron chi connectivity index (χ4n) is 1.58. The van der Waals surface area contributed by atoms with Crippen molar-refractivity contribution in [3.8, 4) is 0 Å². The molecule has 0 saturated heterocycles. The summed E-state index contributed by atoms with van der Waals surface area (Å²) >= 11 is 0. The highest BCUT2D eigenvalue weighted by Gasteiger charge is 2.09. The third kappa shape index (κ3) is 5.06. The molecule has 6 nitrogen and oxygen atoms in total. The summed E-state index contributed by atoms with van der Waals surface area (Å²) in [5.74, 6) is 0. The van der Waals surface area contributed by atoms with E-state index in [-0.39, 0.29) is 11.5 Å². The van der Waals surface area contributed by atoms with Crippen LogP contribution >= 0.6 is 0 Å². The minimum atomic E-state index is -3.25. The third-order valence-electron chi connectivity index (χ3n) is 2.60.